The first kappa shape index (κ1) is 33.0. The number of aryl methyl sites for hydroxylation is 1. The van der Waals surface area contributed by atoms with E-state index in [9.17, 15) is 13.2 Å². The summed E-state index contributed by atoms with van der Waals surface area (Å²) in [6, 6.07) is 13.7. The lowest BCUT2D eigenvalue weighted by atomic mass is 9.64. The van der Waals surface area contributed by atoms with Gasteiger partial charge in [0.25, 0.3) is 0 Å². The van der Waals surface area contributed by atoms with E-state index >= 15 is 4.39 Å². The summed E-state index contributed by atoms with van der Waals surface area (Å²) in [5.41, 5.74) is 1.34. The zero-order valence-corrected chi connectivity index (χ0v) is 28.0. The molecule has 3 fully saturated rings. The van der Waals surface area contributed by atoms with Crippen LogP contribution in [-0.4, -0.2) is 74.8 Å². The summed E-state index contributed by atoms with van der Waals surface area (Å²) in [6.07, 6.45) is 13.9. The fourth-order valence-electron chi connectivity index (χ4n) is 8.53. The third-order valence-corrected chi connectivity index (χ3v) is 11.8. The molecule has 2 saturated heterocycles. The second-order valence-electron chi connectivity index (χ2n) is 13.1. The number of nitrogens with zero attached hydrogens (tertiary/aromatic N) is 4. The van der Waals surface area contributed by atoms with Crippen LogP contribution < -0.4 is 10.2 Å². The van der Waals surface area contributed by atoms with Crippen molar-refractivity contribution in [1.82, 2.24) is 19.8 Å². The summed E-state index contributed by atoms with van der Waals surface area (Å²) in [7, 11) is -2.28. The van der Waals surface area contributed by atoms with E-state index in [1.807, 2.05) is 23.6 Å². The summed E-state index contributed by atoms with van der Waals surface area (Å²) < 4.78 is 46.3. The molecular formula is C36H44FN5O4S. The number of hydrogen-bond acceptors (Lipinski definition) is 7. The minimum absolute atomic E-state index is 0.0293. The van der Waals surface area contributed by atoms with Crippen molar-refractivity contribution in [2.24, 2.45) is 17.8 Å². The van der Waals surface area contributed by atoms with Gasteiger partial charge in [0.05, 0.1) is 17.5 Å². The number of anilines is 1. The molecule has 6 rings (SSSR count). The lowest BCUT2D eigenvalue weighted by molar-refractivity contribution is 0.0452. The van der Waals surface area contributed by atoms with Crippen LogP contribution in [0.4, 0.5) is 14.9 Å². The molecule has 1 N–H and O–H groups in total. The maximum atomic E-state index is 15.1. The van der Waals surface area contributed by atoms with Gasteiger partial charge in [0, 0.05) is 67.3 Å². The molecule has 0 bridgehead atoms. The fraction of sp³-hybridized carbons (Fsp3) is 0.500. The number of alkyl carbamates (subject to hydrolysis) is 1. The largest absolute Gasteiger partial charge is 0.453 e. The Labute approximate surface area is 277 Å². The highest BCUT2D eigenvalue weighted by Crippen LogP contribution is 2.52. The Balaban J connectivity index is 1.21. The highest BCUT2D eigenvalue weighted by molar-refractivity contribution is 7.96. The number of imidazole rings is 1. The molecule has 2 aliphatic heterocycles. The molecule has 250 valence electrons. The second kappa shape index (κ2) is 13.7. The van der Waals surface area contributed by atoms with Crippen molar-refractivity contribution in [3.63, 3.8) is 0 Å². The molecule has 11 heteroatoms. The number of rotatable bonds is 10. The van der Waals surface area contributed by atoms with Gasteiger partial charge in [-0.25, -0.2) is 22.6 Å². The van der Waals surface area contributed by atoms with Crippen molar-refractivity contribution in [2.45, 2.75) is 61.9 Å². The number of terminal acetylenes is 1. The molecule has 1 amide bonds. The summed E-state index contributed by atoms with van der Waals surface area (Å²) >= 11 is 0. The predicted molar refractivity (Wildman–Crippen MR) is 179 cm³/mol. The van der Waals surface area contributed by atoms with E-state index in [-0.39, 0.29) is 28.6 Å². The minimum Gasteiger partial charge on any atom is -0.453 e. The van der Waals surface area contributed by atoms with Gasteiger partial charge in [0.2, 0.25) is 9.84 Å². The van der Waals surface area contributed by atoms with E-state index in [4.69, 9.17) is 16.1 Å². The van der Waals surface area contributed by atoms with Crippen LogP contribution in [-0.2, 0) is 26.5 Å². The zero-order chi connectivity index (χ0) is 33.2. The molecule has 1 unspecified atom stereocenters. The van der Waals surface area contributed by atoms with Crippen molar-refractivity contribution in [3.8, 4) is 11.7 Å². The lowest BCUT2D eigenvalue weighted by Gasteiger charge is -2.52. The average molecular weight is 662 g/mol. The van der Waals surface area contributed by atoms with Gasteiger partial charge >= 0.3 is 6.09 Å². The average Bonchev–Trinajstić information content (AvgIpc) is 3.74. The van der Waals surface area contributed by atoms with E-state index in [1.54, 1.807) is 24.3 Å². The van der Waals surface area contributed by atoms with Crippen LogP contribution in [0.15, 0.2) is 65.8 Å². The third-order valence-electron chi connectivity index (χ3n) is 10.6. The second-order valence-corrected chi connectivity index (χ2v) is 14.9. The molecule has 0 radical (unpaired) electrons. The van der Waals surface area contributed by atoms with Crippen LogP contribution >= 0.6 is 0 Å². The Hall–Kier alpha value is -3.88. The molecule has 3 atom stereocenters. The van der Waals surface area contributed by atoms with Gasteiger partial charge in [0.1, 0.15) is 11.6 Å². The topological polar surface area (TPSA) is 96.8 Å². The molecule has 3 aliphatic rings. The van der Waals surface area contributed by atoms with E-state index in [2.05, 4.69) is 38.9 Å². The Kier molecular flexibility index (Phi) is 9.62. The molecule has 3 heterocycles. The molecule has 1 aliphatic carbocycles. The van der Waals surface area contributed by atoms with Crippen molar-refractivity contribution >= 4 is 21.6 Å². The number of piperidine rings is 1. The van der Waals surface area contributed by atoms with Gasteiger partial charge in [-0.3, -0.25) is 0 Å². The Morgan fingerprint density at radius 1 is 1.13 bits per heavy atom. The number of sulfone groups is 1. The van der Waals surface area contributed by atoms with E-state index in [0.717, 1.165) is 88.3 Å². The van der Waals surface area contributed by atoms with Gasteiger partial charge < -0.3 is 24.4 Å². The van der Waals surface area contributed by atoms with Crippen molar-refractivity contribution in [2.75, 3.05) is 44.7 Å². The number of benzene rings is 2. The monoisotopic (exact) mass is 661 g/mol. The molecule has 2 aromatic carbocycles. The number of amides is 1. The number of halogens is 1. The molecule has 0 spiro atoms. The Morgan fingerprint density at radius 3 is 2.53 bits per heavy atom. The van der Waals surface area contributed by atoms with Crippen molar-refractivity contribution in [1.29, 1.82) is 0 Å². The maximum absolute atomic E-state index is 15.1. The van der Waals surface area contributed by atoms with E-state index in [0.29, 0.717) is 5.92 Å². The maximum Gasteiger partial charge on any atom is 0.407 e. The Bertz CT molecular complexity index is 1710. The van der Waals surface area contributed by atoms with Crippen molar-refractivity contribution in [3.05, 3.63) is 78.1 Å². The number of likely N-dealkylation sites (tertiary alicyclic amines) is 1. The van der Waals surface area contributed by atoms with E-state index < -0.39 is 21.5 Å². The molecule has 1 aromatic heterocycles. The fourth-order valence-corrected chi connectivity index (χ4v) is 9.16. The summed E-state index contributed by atoms with van der Waals surface area (Å²) in [6.45, 7) is 6.76. The predicted octanol–water partition coefficient (Wildman–Crippen LogP) is 5.07. The van der Waals surface area contributed by atoms with Gasteiger partial charge in [-0.1, -0.05) is 25.5 Å². The van der Waals surface area contributed by atoms with Gasteiger partial charge in [-0.2, -0.15) is 0 Å². The number of nitrogens with one attached hydrogen (secondary N) is 1. The highest BCUT2D eigenvalue weighted by Gasteiger charge is 2.54. The Morgan fingerprint density at radius 2 is 1.87 bits per heavy atom. The normalized spacial score (nSPS) is 22.3. The number of aromatic nitrogens is 2. The molecular weight excluding hydrogens is 617 g/mol. The molecule has 47 heavy (non-hydrogen) atoms. The highest BCUT2D eigenvalue weighted by atomic mass is 32.2. The van der Waals surface area contributed by atoms with Gasteiger partial charge in [0.15, 0.2) is 0 Å². The first-order valence-electron chi connectivity index (χ1n) is 16.6. The number of carbonyl (C=O) groups is 1. The number of carbonyl (C=O) groups excluding carboxylic acids is 1. The summed E-state index contributed by atoms with van der Waals surface area (Å²) in [4.78, 5) is 22.2. The summed E-state index contributed by atoms with van der Waals surface area (Å²) in [5, 5.41) is 5.01. The molecule has 9 nitrogen and oxygen atoms in total. The number of ether oxygens (including phenoxy) is 1. The van der Waals surface area contributed by atoms with E-state index in [1.165, 1.54) is 13.2 Å². The first-order chi connectivity index (χ1) is 22.7. The lowest BCUT2D eigenvalue weighted by Crippen LogP contribution is -2.58. The first-order valence-corrected chi connectivity index (χ1v) is 18.1. The summed E-state index contributed by atoms with van der Waals surface area (Å²) in [5.74, 6) is 1.43. The van der Waals surface area contributed by atoms with Crippen LogP contribution in [0.1, 0.15) is 50.4 Å². The smallest absolute Gasteiger partial charge is 0.407 e. The van der Waals surface area contributed by atoms with Crippen LogP contribution in [0, 0.1) is 35.2 Å². The molecule has 1 saturated carbocycles. The van der Waals surface area contributed by atoms with Crippen LogP contribution in [0.5, 0.6) is 0 Å². The number of methoxy groups -OCH3 is 1. The van der Waals surface area contributed by atoms with Gasteiger partial charge in [-0.05, 0) is 86.7 Å². The SMILES string of the molecule is C#CS(=O)(=O)c1ccc(N2CC(CN3CCC(C(c4cccc(F)c4)([C@H]4CCC[C@@H]4NC(=O)OC)n4ccnc4CC)CC3)C2)cc1. The van der Waals surface area contributed by atoms with Crippen LogP contribution in [0.25, 0.3) is 0 Å². The number of hydrogen-bond donors (Lipinski definition) is 1. The zero-order valence-electron chi connectivity index (χ0n) is 27.1. The van der Waals surface area contributed by atoms with Gasteiger partial charge in [-0.15, -0.1) is 6.42 Å². The van der Waals surface area contributed by atoms with Crippen LogP contribution in [0.2, 0.25) is 0 Å². The third kappa shape index (κ3) is 6.38. The standard InChI is InChI=1S/C36H44FN5O4S/c1-4-34-38-18-21-42(34)36(28-8-6-9-29(37)22-28,32-10-7-11-33(32)39-35(43)46-3)27-16-19-40(20-17-27)23-26-24-41(25-26)30-12-14-31(15-13-30)47(44,45)5-2/h2,6,8-9,12-15,18,21-22,26-27,32-33H,4,7,10-11,16-17,19-20,23-25H2,1,3H3,(H,39,43)/t32-,33-,36?/m0/s1. The van der Waals surface area contributed by atoms with Crippen molar-refractivity contribution < 1.29 is 22.3 Å². The molecule has 3 aromatic rings. The quantitative estimate of drug-likeness (QED) is 0.240. The van der Waals surface area contributed by atoms with Crippen LogP contribution in [0.3, 0.4) is 0 Å². The minimum atomic E-state index is -3.67.